The number of benzene rings is 2. The number of non-ortho nitro benzene ring substituents is 1. The maximum absolute atomic E-state index is 10.7. The lowest BCUT2D eigenvalue weighted by atomic mass is 10.2. The molecule has 0 radical (unpaired) electrons. The Morgan fingerprint density at radius 2 is 1.90 bits per heavy atom. The Labute approximate surface area is 126 Å². The summed E-state index contributed by atoms with van der Waals surface area (Å²) in [5.74, 6) is 1.40. The van der Waals surface area contributed by atoms with Gasteiger partial charge in [0.15, 0.2) is 0 Å². The molecule has 104 valence electrons. The van der Waals surface area contributed by atoms with Crippen LogP contribution in [0.25, 0.3) is 0 Å². The summed E-state index contributed by atoms with van der Waals surface area (Å²) >= 11 is 11.7. The minimum atomic E-state index is -0.441. The Bertz CT molecular complexity index is 659. The second-order valence-corrected chi connectivity index (χ2v) is 4.90. The number of ether oxygens (including phenoxy) is 1. The lowest BCUT2D eigenvalue weighted by molar-refractivity contribution is -0.384. The van der Waals surface area contributed by atoms with Crippen molar-refractivity contribution < 1.29 is 9.66 Å². The fraction of sp³-hybridized carbons (Fsp3) is 0.143. The van der Waals surface area contributed by atoms with E-state index in [-0.39, 0.29) is 11.6 Å². The molecule has 0 aliphatic rings. The average Bonchev–Trinajstić information content (AvgIpc) is 2.42. The Balaban J connectivity index is 2.33. The van der Waals surface area contributed by atoms with Crippen molar-refractivity contribution in [3.05, 3.63) is 62.7 Å². The fourth-order valence-electron chi connectivity index (χ4n) is 1.73. The molecule has 0 bridgehead atoms. The van der Waals surface area contributed by atoms with Gasteiger partial charge in [-0.05, 0) is 36.8 Å². The van der Waals surface area contributed by atoms with E-state index in [1.54, 1.807) is 31.2 Å². The van der Waals surface area contributed by atoms with Gasteiger partial charge in [-0.2, -0.15) is 0 Å². The van der Waals surface area contributed by atoms with E-state index in [1.807, 2.05) is 0 Å². The van der Waals surface area contributed by atoms with Gasteiger partial charge >= 0.3 is 0 Å². The smallest absolute Gasteiger partial charge is 0.269 e. The van der Waals surface area contributed by atoms with Crippen LogP contribution in [0.3, 0.4) is 0 Å². The van der Waals surface area contributed by atoms with Crippen LogP contribution in [-0.4, -0.2) is 4.92 Å². The van der Waals surface area contributed by atoms with E-state index in [2.05, 4.69) is 0 Å². The van der Waals surface area contributed by atoms with Gasteiger partial charge in [-0.15, -0.1) is 11.6 Å². The van der Waals surface area contributed by atoms with E-state index in [1.165, 1.54) is 12.1 Å². The standard InChI is InChI=1S/C14H11Cl2NO3/c1-9-6-12(17(18)19)3-5-13(9)20-14-4-2-11(16)7-10(14)8-15/h2-7H,8H2,1H3. The molecule has 0 spiro atoms. The van der Waals surface area contributed by atoms with Crippen molar-refractivity contribution in [2.24, 2.45) is 0 Å². The van der Waals surface area contributed by atoms with Crippen LogP contribution >= 0.6 is 23.2 Å². The molecule has 0 aliphatic carbocycles. The minimum Gasteiger partial charge on any atom is -0.457 e. The third kappa shape index (κ3) is 3.21. The molecule has 0 unspecified atom stereocenters. The lowest BCUT2D eigenvalue weighted by Gasteiger charge is -2.11. The van der Waals surface area contributed by atoms with Gasteiger partial charge in [0.25, 0.3) is 5.69 Å². The monoisotopic (exact) mass is 311 g/mol. The van der Waals surface area contributed by atoms with E-state index < -0.39 is 4.92 Å². The number of alkyl halides is 1. The molecule has 0 N–H and O–H groups in total. The van der Waals surface area contributed by atoms with Crippen LogP contribution in [0.5, 0.6) is 11.5 Å². The largest absolute Gasteiger partial charge is 0.457 e. The number of rotatable bonds is 4. The van der Waals surface area contributed by atoms with Gasteiger partial charge in [0.05, 0.1) is 10.8 Å². The van der Waals surface area contributed by atoms with Crippen molar-refractivity contribution in [2.45, 2.75) is 12.8 Å². The zero-order chi connectivity index (χ0) is 14.7. The Kier molecular flexibility index (Phi) is 4.47. The number of aryl methyl sites for hydroxylation is 1. The van der Waals surface area contributed by atoms with Crippen molar-refractivity contribution >= 4 is 28.9 Å². The third-order valence-corrected chi connectivity index (χ3v) is 3.28. The predicted molar refractivity (Wildman–Crippen MR) is 78.9 cm³/mol. The molecule has 0 amide bonds. The maximum Gasteiger partial charge on any atom is 0.269 e. The van der Waals surface area contributed by atoms with E-state index in [9.17, 15) is 10.1 Å². The van der Waals surface area contributed by atoms with Gasteiger partial charge < -0.3 is 4.74 Å². The first-order chi connectivity index (χ1) is 9.51. The molecule has 4 nitrogen and oxygen atoms in total. The number of nitro groups is 1. The highest BCUT2D eigenvalue weighted by molar-refractivity contribution is 6.30. The molecule has 6 heteroatoms. The van der Waals surface area contributed by atoms with E-state index in [0.29, 0.717) is 22.1 Å². The summed E-state index contributed by atoms with van der Waals surface area (Å²) in [5.41, 5.74) is 1.47. The zero-order valence-corrected chi connectivity index (χ0v) is 12.1. The number of hydrogen-bond donors (Lipinski definition) is 0. The molecule has 0 atom stereocenters. The van der Waals surface area contributed by atoms with Gasteiger partial charge in [0, 0.05) is 22.7 Å². The van der Waals surface area contributed by atoms with E-state index >= 15 is 0 Å². The SMILES string of the molecule is Cc1cc([N+](=O)[O-])ccc1Oc1ccc(Cl)cc1CCl. The molecular weight excluding hydrogens is 301 g/mol. The van der Waals surface area contributed by atoms with Crippen molar-refractivity contribution in [3.63, 3.8) is 0 Å². The molecule has 0 heterocycles. The fourth-order valence-corrected chi connectivity index (χ4v) is 2.14. The zero-order valence-electron chi connectivity index (χ0n) is 10.6. The first kappa shape index (κ1) is 14.6. The molecule has 0 saturated heterocycles. The molecule has 2 aromatic rings. The van der Waals surface area contributed by atoms with E-state index in [0.717, 1.165) is 5.56 Å². The Morgan fingerprint density at radius 3 is 2.50 bits per heavy atom. The van der Waals surface area contributed by atoms with Crippen molar-refractivity contribution in [1.29, 1.82) is 0 Å². The van der Waals surface area contributed by atoms with Crippen molar-refractivity contribution in [3.8, 4) is 11.5 Å². The average molecular weight is 312 g/mol. The summed E-state index contributed by atoms with van der Waals surface area (Å²) in [6.45, 7) is 1.75. The first-order valence-corrected chi connectivity index (χ1v) is 6.70. The summed E-state index contributed by atoms with van der Waals surface area (Å²) < 4.78 is 5.76. The molecule has 2 aromatic carbocycles. The second-order valence-electron chi connectivity index (χ2n) is 4.19. The summed E-state index contributed by atoms with van der Waals surface area (Å²) in [4.78, 5) is 10.3. The number of nitro benzene ring substituents is 1. The first-order valence-electron chi connectivity index (χ1n) is 5.78. The highest BCUT2D eigenvalue weighted by Crippen LogP contribution is 2.32. The lowest BCUT2D eigenvalue weighted by Crippen LogP contribution is -1.94. The molecule has 0 aliphatic heterocycles. The molecule has 0 fully saturated rings. The van der Waals surface area contributed by atoms with Gasteiger partial charge in [-0.1, -0.05) is 11.6 Å². The second kappa shape index (κ2) is 6.11. The number of halogens is 2. The van der Waals surface area contributed by atoms with Gasteiger partial charge in [0.2, 0.25) is 0 Å². The topological polar surface area (TPSA) is 52.4 Å². The number of nitrogens with zero attached hydrogens (tertiary/aromatic N) is 1. The van der Waals surface area contributed by atoms with Gasteiger partial charge in [-0.3, -0.25) is 10.1 Å². The molecule has 0 aromatic heterocycles. The summed E-state index contributed by atoms with van der Waals surface area (Å²) in [6, 6.07) is 9.59. The van der Waals surface area contributed by atoms with Gasteiger partial charge in [0.1, 0.15) is 11.5 Å². The molecule has 0 saturated carbocycles. The van der Waals surface area contributed by atoms with Crippen molar-refractivity contribution in [1.82, 2.24) is 0 Å². The van der Waals surface area contributed by atoms with Crippen LogP contribution in [0.15, 0.2) is 36.4 Å². The normalized spacial score (nSPS) is 10.3. The van der Waals surface area contributed by atoms with E-state index in [4.69, 9.17) is 27.9 Å². The van der Waals surface area contributed by atoms with Crippen LogP contribution in [0.4, 0.5) is 5.69 Å². The van der Waals surface area contributed by atoms with Gasteiger partial charge in [-0.25, -0.2) is 0 Å². The Hall–Kier alpha value is -1.78. The summed E-state index contributed by atoms with van der Waals surface area (Å²) in [7, 11) is 0. The van der Waals surface area contributed by atoms with Crippen LogP contribution < -0.4 is 4.74 Å². The highest BCUT2D eigenvalue weighted by Gasteiger charge is 2.11. The molecular formula is C14H11Cl2NO3. The van der Waals surface area contributed by atoms with Crippen LogP contribution in [0.2, 0.25) is 5.02 Å². The van der Waals surface area contributed by atoms with Crippen LogP contribution in [-0.2, 0) is 5.88 Å². The quantitative estimate of drug-likeness (QED) is 0.449. The summed E-state index contributed by atoms with van der Waals surface area (Å²) in [5, 5.41) is 11.3. The number of hydrogen-bond acceptors (Lipinski definition) is 3. The predicted octanol–water partition coefficient (Wildman–Crippen LogP) is 5.09. The summed E-state index contributed by atoms with van der Waals surface area (Å²) in [6.07, 6.45) is 0. The van der Waals surface area contributed by atoms with Crippen LogP contribution in [0.1, 0.15) is 11.1 Å². The Morgan fingerprint density at radius 1 is 1.20 bits per heavy atom. The molecule has 2 rings (SSSR count). The minimum absolute atomic E-state index is 0.0310. The van der Waals surface area contributed by atoms with Crippen molar-refractivity contribution in [2.75, 3.05) is 0 Å². The van der Waals surface area contributed by atoms with Crippen LogP contribution in [0, 0.1) is 17.0 Å². The maximum atomic E-state index is 10.7. The third-order valence-electron chi connectivity index (χ3n) is 2.76. The highest BCUT2D eigenvalue weighted by atomic mass is 35.5. The molecule has 20 heavy (non-hydrogen) atoms.